The van der Waals surface area contributed by atoms with Crippen LogP contribution in [0.1, 0.15) is 88.0 Å². The molecule has 0 saturated carbocycles. The minimum absolute atomic E-state index is 0.0203. The lowest BCUT2D eigenvalue weighted by atomic mass is 9.92. The summed E-state index contributed by atoms with van der Waals surface area (Å²) in [6, 6.07) is 15.6. The third-order valence-electron chi connectivity index (χ3n) is 9.98. The highest BCUT2D eigenvalue weighted by molar-refractivity contribution is 7.80. The molecule has 306 valence electrons. The van der Waals surface area contributed by atoms with Gasteiger partial charge in [0.1, 0.15) is 18.8 Å². The molecule has 0 amide bonds. The summed E-state index contributed by atoms with van der Waals surface area (Å²) in [6.45, 7) is 6.39. The number of likely N-dealkylation sites (tertiary alicyclic amines) is 1. The molecule has 3 saturated heterocycles. The Morgan fingerprint density at radius 3 is 2.00 bits per heavy atom. The van der Waals surface area contributed by atoms with Gasteiger partial charge in [-0.25, -0.2) is 0 Å². The van der Waals surface area contributed by atoms with Crippen molar-refractivity contribution in [2.24, 2.45) is 0 Å². The maximum Gasteiger partial charge on any atom is 0.303 e. The zero-order valence-corrected chi connectivity index (χ0v) is 32.9. The number of hydrogen-bond acceptors (Lipinski definition) is 15. The van der Waals surface area contributed by atoms with E-state index in [1.807, 2.05) is 48.5 Å². The molecule has 15 nitrogen and oxygen atoms in total. The largest absolute Gasteiger partial charge is 0.463 e. The molecule has 0 radical (unpaired) electrons. The molecule has 9 unspecified atom stereocenters. The number of benzene rings is 2. The van der Waals surface area contributed by atoms with Gasteiger partial charge in [0, 0.05) is 65.2 Å². The summed E-state index contributed by atoms with van der Waals surface area (Å²) >= 11 is 5.68. The van der Waals surface area contributed by atoms with Crippen LogP contribution in [0.4, 0.5) is 0 Å². The number of ether oxygens (including phenoxy) is 7. The van der Waals surface area contributed by atoms with E-state index in [4.69, 9.17) is 45.4 Å². The minimum Gasteiger partial charge on any atom is -0.463 e. The molecule has 3 N–H and O–H groups in total. The fraction of sp³-hybridized carbons (Fsp3) is 0.575. The van der Waals surface area contributed by atoms with Gasteiger partial charge in [0.25, 0.3) is 0 Å². The molecule has 0 aromatic heterocycles. The second-order valence-corrected chi connectivity index (χ2v) is 14.8. The fourth-order valence-electron chi connectivity index (χ4n) is 7.37. The Morgan fingerprint density at radius 1 is 0.786 bits per heavy atom. The van der Waals surface area contributed by atoms with E-state index in [0.717, 1.165) is 48.6 Å². The average Bonchev–Trinajstić information content (AvgIpc) is 3.62. The number of nitrogens with one attached hydrogen (secondary N) is 1. The van der Waals surface area contributed by atoms with Gasteiger partial charge < -0.3 is 48.7 Å². The maximum atomic E-state index is 12.2. The third kappa shape index (κ3) is 12.0. The highest BCUT2D eigenvalue weighted by Gasteiger charge is 2.52. The van der Waals surface area contributed by atoms with Crippen LogP contribution >= 0.6 is 12.2 Å². The first kappa shape index (κ1) is 43.1. The van der Waals surface area contributed by atoms with E-state index in [-0.39, 0.29) is 44.5 Å². The van der Waals surface area contributed by atoms with Gasteiger partial charge in [0.15, 0.2) is 24.6 Å². The molecule has 2 aromatic rings. The number of carbonyl (C=O) groups excluding carboxylic acids is 4. The highest BCUT2D eigenvalue weighted by atomic mass is 32.1. The van der Waals surface area contributed by atoms with Crippen molar-refractivity contribution >= 4 is 41.1 Å². The number of aliphatic hydroxyl groups excluding tert-OH is 2. The lowest BCUT2D eigenvalue weighted by Crippen LogP contribution is -2.62. The van der Waals surface area contributed by atoms with Gasteiger partial charge in [0.2, 0.25) is 0 Å². The van der Waals surface area contributed by atoms with Crippen molar-refractivity contribution in [1.29, 1.82) is 0 Å². The van der Waals surface area contributed by atoms with Gasteiger partial charge in [-0.3, -0.25) is 24.1 Å². The SMILES string of the molecule is CC(=O)OCC1OC(CC(=S)NCc2ccc(C3OC(CN4CCCC4CO)CC(c4ccc(CO)cc4)O3)cc2)C(OC(C)=O)C(OC(C)=O)C1OC(C)=O. The number of hydrogen-bond donors (Lipinski definition) is 3. The second-order valence-electron chi connectivity index (χ2n) is 14.3. The molecule has 3 aliphatic heterocycles. The lowest BCUT2D eigenvalue weighted by molar-refractivity contribution is -0.253. The summed E-state index contributed by atoms with van der Waals surface area (Å²) in [4.78, 5) is 50.7. The number of thiocarbonyl (C=S) groups is 1. The molecule has 0 aliphatic carbocycles. The van der Waals surface area contributed by atoms with Crippen LogP contribution in [-0.2, 0) is 65.5 Å². The zero-order chi connectivity index (χ0) is 40.4. The van der Waals surface area contributed by atoms with Crippen molar-refractivity contribution in [3.05, 3.63) is 70.8 Å². The van der Waals surface area contributed by atoms with E-state index in [1.165, 1.54) is 20.8 Å². The fourth-order valence-corrected chi connectivity index (χ4v) is 7.60. The molecule has 0 spiro atoms. The molecule has 9 atom stereocenters. The molecule has 3 heterocycles. The smallest absolute Gasteiger partial charge is 0.303 e. The van der Waals surface area contributed by atoms with E-state index >= 15 is 0 Å². The first-order valence-corrected chi connectivity index (χ1v) is 19.3. The maximum absolute atomic E-state index is 12.2. The van der Waals surface area contributed by atoms with Crippen molar-refractivity contribution < 1.29 is 62.5 Å². The van der Waals surface area contributed by atoms with Crippen molar-refractivity contribution in [3.63, 3.8) is 0 Å². The molecule has 16 heteroatoms. The van der Waals surface area contributed by atoms with Crippen molar-refractivity contribution in [1.82, 2.24) is 10.2 Å². The van der Waals surface area contributed by atoms with Crippen LogP contribution in [0.2, 0.25) is 0 Å². The molecule has 56 heavy (non-hydrogen) atoms. The van der Waals surface area contributed by atoms with E-state index < -0.39 is 60.7 Å². The Balaban J connectivity index is 1.26. The predicted molar refractivity (Wildman–Crippen MR) is 203 cm³/mol. The summed E-state index contributed by atoms with van der Waals surface area (Å²) in [5, 5.41) is 22.7. The lowest BCUT2D eigenvalue weighted by Gasteiger charge is -2.44. The standard InChI is InChI=1S/C40H52N2O13S/c1-23(45)49-22-35-38(51-25(3)47)39(52-26(4)48)37(50-24(2)46)34(54-35)17-36(56)41-18-27-7-13-30(14-8-27)40-53-32(19-42-15-5-6-31(42)21-44)16-33(55-40)29-11-9-28(20-43)10-12-29/h7-14,31-35,37-40,43-44H,5-6,15-22H2,1-4H3,(H,41,56). The van der Waals surface area contributed by atoms with E-state index in [2.05, 4.69) is 10.2 Å². The Hall–Kier alpha value is -4.03. The van der Waals surface area contributed by atoms with Crippen LogP contribution < -0.4 is 5.32 Å². The van der Waals surface area contributed by atoms with Gasteiger partial charge in [-0.05, 0) is 36.1 Å². The van der Waals surface area contributed by atoms with Crippen LogP contribution in [0.25, 0.3) is 0 Å². The van der Waals surface area contributed by atoms with Crippen molar-refractivity contribution in [2.75, 3.05) is 26.3 Å². The van der Waals surface area contributed by atoms with Crippen LogP contribution in [0.15, 0.2) is 48.5 Å². The molecule has 0 bridgehead atoms. The number of esters is 4. The van der Waals surface area contributed by atoms with Crippen LogP contribution in [0.5, 0.6) is 0 Å². The number of nitrogens with zero attached hydrogens (tertiary/aromatic N) is 1. The highest BCUT2D eigenvalue weighted by Crippen LogP contribution is 2.39. The van der Waals surface area contributed by atoms with Gasteiger partial charge in [-0.1, -0.05) is 60.7 Å². The first-order valence-electron chi connectivity index (χ1n) is 18.8. The zero-order valence-electron chi connectivity index (χ0n) is 32.1. The topological polar surface area (TPSA) is 189 Å². The Labute approximate surface area is 331 Å². The summed E-state index contributed by atoms with van der Waals surface area (Å²) in [7, 11) is 0. The summed E-state index contributed by atoms with van der Waals surface area (Å²) in [5.74, 6) is -2.71. The molecular weight excluding hydrogens is 749 g/mol. The Kier molecular flexibility index (Phi) is 15.7. The monoisotopic (exact) mass is 800 g/mol. The number of rotatable bonds is 15. The summed E-state index contributed by atoms with van der Waals surface area (Å²) in [6.07, 6.45) is -4.12. The molecule has 3 fully saturated rings. The van der Waals surface area contributed by atoms with Crippen LogP contribution in [0, 0.1) is 0 Å². The van der Waals surface area contributed by atoms with E-state index in [0.29, 0.717) is 24.5 Å². The van der Waals surface area contributed by atoms with Gasteiger partial charge in [-0.2, -0.15) is 0 Å². The average molecular weight is 801 g/mol. The van der Waals surface area contributed by atoms with Gasteiger partial charge >= 0.3 is 23.9 Å². The Morgan fingerprint density at radius 2 is 1.39 bits per heavy atom. The Bertz CT molecular complexity index is 1660. The van der Waals surface area contributed by atoms with Gasteiger partial charge in [0.05, 0.1) is 30.4 Å². The predicted octanol–water partition coefficient (Wildman–Crippen LogP) is 3.11. The van der Waals surface area contributed by atoms with E-state index in [1.54, 1.807) is 0 Å². The van der Waals surface area contributed by atoms with Crippen molar-refractivity contribution in [2.45, 2.75) is 122 Å². The minimum atomic E-state index is -1.27. The van der Waals surface area contributed by atoms with Crippen LogP contribution in [-0.4, -0.2) is 113 Å². The molecule has 5 rings (SSSR count). The van der Waals surface area contributed by atoms with Crippen LogP contribution in [0.3, 0.4) is 0 Å². The molecule has 2 aromatic carbocycles. The summed E-state index contributed by atoms with van der Waals surface area (Å²) < 4.78 is 40.9. The quantitative estimate of drug-likeness (QED) is 0.135. The van der Waals surface area contributed by atoms with Crippen molar-refractivity contribution in [3.8, 4) is 0 Å². The van der Waals surface area contributed by atoms with Gasteiger partial charge in [-0.15, -0.1) is 0 Å². The third-order valence-corrected chi connectivity index (χ3v) is 10.3. The molecular formula is C40H52N2O13S. The second kappa shape index (κ2) is 20.4. The normalized spacial score (nSPS) is 27.9. The van der Waals surface area contributed by atoms with E-state index in [9.17, 15) is 29.4 Å². The summed E-state index contributed by atoms with van der Waals surface area (Å²) in [5.41, 5.74) is 3.53. The number of carbonyl (C=O) groups is 4. The number of aliphatic hydroxyl groups is 2. The molecule has 3 aliphatic rings. The first-order chi connectivity index (χ1) is 26.8.